The zero-order valence-corrected chi connectivity index (χ0v) is 16.0. The fourth-order valence-electron chi connectivity index (χ4n) is 3.36. The molecule has 5 aromatic rings. The molecule has 0 spiro atoms. The SMILES string of the molecule is O=C(Nc1cccc(-c2nc3c(ccc4ccccc43)o2)c1)c1ccccc1Cl. The molecule has 1 aromatic heterocycles. The van der Waals surface area contributed by atoms with E-state index < -0.39 is 0 Å². The third-order valence-corrected chi connectivity index (χ3v) is 5.10. The molecule has 0 radical (unpaired) electrons. The van der Waals surface area contributed by atoms with Gasteiger partial charge in [0, 0.05) is 16.6 Å². The summed E-state index contributed by atoms with van der Waals surface area (Å²) in [5.74, 6) is 0.238. The molecule has 0 bridgehead atoms. The van der Waals surface area contributed by atoms with Crippen molar-refractivity contribution in [2.24, 2.45) is 0 Å². The summed E-state index contributed by atoms with van der Waals surface area (Å²) in [5, 5.41) is 5.45. The highest BCUT2D eigenvalue weighted by atomic mass is 35.5. The van der Waals surface area contributed by atoms with Gasteiger partial charge in [0.15, 0.2) is 5.58 Å². The summed E-state index contributed by atoms with van der Waals surface area (Å²) >= 11 is 6.12. The van der Waals surface area contributed by atoms with Gasteiger partial charge in [0.1, 0.15) is 5.52 Å². The number of benzene rings is 4. The van der Waals surface area contributed by atoms with Gasteiger partial charge in [0.25, 0.3) is 5.91 Å². The molecule has 0 saturated heterocycles. The largest absolute Gasteiger partial charge is 0.436 e. The zero-order chi connectivity index (χ0) is 19.8. The number of nitrogens with one attached hydrogen (secondary N) is 1. The summed E-state index contributed by atoms with van der Waals surface area (Å²) in [5.41, 5.74) is 3.39. The van der Waals surface area contributed by atoms with Crippen LogP contribution in [0.15, 0.2) is 89.3 Å². The highest BCUT2D eigenvalue weighted by Crippen LogP contribution is 2.30. The van der Waals surface area contributed by atoms with E-state index in [0.29, 0.717) is 22.2 Å². The Morgan fingerprint density at radius 2 is 1.72 bits per heavy atom. The van der Waals surface area contributed by atoms with Crippen molar-refractivity contribution in [1.29, 1.82) is 0 Å². The Morgan fingerprint density at radius 3 is 2.62 bits per heavy atom. The number of hydrogen-bond acceptors (Lipinski definition) is 3. The number of amides is 1. The van der Waals surface area contributed by atoms with E-state index in [1.165, 1.54) is 0 Å². The lowest BCUT2D eigenvalue weighted by Crippen LogP contribution is -2.12. The molecule has 140 valence electrons. The molecule has 0 aliphatic carbocycles. The van der Waals surface area contributed by atoms with E-state index in [1.807, 2.05) is 60.7 Å². The first-order valence-corrected chi connectivity index (χ1v) is 9.51. The molecule has 29 heavy (non-hydrogen) atoms. The van der Waals surface area contributed by atoms with E-state index in [2.05, 4.69) is 5.32 Å². The van der Waals surface area contributed by atoms with E-state index in [0.717, 1.165) is 27.4 Å². The molecule has 5 rings (SSSR count). The average molecular weight is 399 g/mol. The van der Waals surface area contributed by atoms with Crippen molar-refractivity contribution >= 4 is 45.1 Å². The lowest BCUT2D eigenvalue weighted by Gasteiger charge is -2.07. The van der Waals surface area contributed by atoms with Gasteiger partial charge in [-0.2, -0.15) is 0 Å². The second-order valence-corrected chi connectivity index (χ2v) is 7.07. The Balaban J connectivity index is 1.50. The van der Waals surface area contributed by atoms with Crippen LogP contribution in [0.4, 0.5) is 5.69 Å². The number of hydrogen-bond donors (Lipinski definition) is 1. The van der Waals surface area contributed by atoms with Crippen LogP contribution in [0.25, 0.3) is 33.3 Å². The first-order valence-electron chi connectivity index (χ1n) is 9.14. The van der Waals surface area contributed by atoms with E-state index in [9.17, 15) is 4.79 Å². The lowest BCUT2D eigenvalue weighted by atomic mass is 10.1. The fourth-order valence-corrected chi connectivity index (χ4v) is 3.58. The first-order chi connectivity index (χ1) is 14.2. The number of carbonyl (C=O) groups excluding carboxylic acids is 1. The molecule has 0 saturated carbocycles. The van der Waals surface area contributed by atoms with Gasteiger partial charge in [-0.1, -0.05) is 60.1 Å². The molecule has 0 unspecified atom stereocenters. The molecule has 0 atom stereocenters. The van der Waals surface area contributed by atoms with Gasteiger partial charge < -0.3 is 9.73 Å². The number of carbonyl (C=O) groups is 1. The molecule has 4 nitrogen and oxygen atoms in total. The second-order valence-electron chi connectivity index (χ2n) is 6.67. The van der Waals surface area contributed by atoms with Crippen molar-refractivity contribution in [3.05, 3.63) is 95.5 Å². The van der Waals surface area contributed by atoms with Gasteiger partial charge in [0.05, 0.1) is 10.6 Å². The van der Waals surface area contributed by atoms with Crippen LogP contribution in [0.5, 0.6) is 0 Å². The highest BCUT2D eigenvalue weighted by molar-refractivity contribution is 6.34. The number of nitrogens with zero attached hydrogens (tertiary/aromatic N) is 1. The minimum absolute atomic E-state index is 0.267. The van der Waals surface area contributed by atoms with Gasteiger partial charge in [-0.3, -0.25) is 4.79 Å². The van der Waals surface area contributed by atoms with Crippen LogP contribution in [0.2, 0.25) is 5.02 Å². The van der Waals surface area contributed by atoms with Crippen molar-refractivity contribution in [2.75, 3.05) is 5.32 Å². The predicted octanol–water partition coefficient (Wildman–Crippen LogP) is 6.55. The predicted molar refractivity (Wildman–Crippen MR) is 116 cm³/mol. The number of halogens is 1. The standard InChI is InChI=1S/C24H15ClN2O2/c25-20-11-4-3-10-19(20)23(28)26-17-8-5-7-16(14-17)24-27-22-18-9-2-1-6-15(18)12-13-21(22)29-24/h1-14H,(H,26,28). The molecule has 1 amide bonds. The maximum Gasteiger partial charge on any atom is 0.257 e. The molecule has 0 aliphatic heterocycles. The number of aromatic nitrogens is 1. The molecular formula is C24H15ClN2O2. The Labute approximate surface area is 171 Å². The molecule has 1 N–H and O–H groups in total. The minimum Gasteiger partial charge on any atom is -0.436 e. The van der Waals surface area contributed by atoms with Crippen LogP contribution in [0.1, 0.15) is 10.4 Å². The van der Waals surface area contributed by atoms with Gasteiger partial charge in [-0.05, 0) is 41.8 Å². The molecule has 0 fully saturated rings. The third kappa shape index (κ3) is 3.24. The van der Waals surface area contributed by atoms with E-state index in [1.54, 1.807) is 24.3 Å². The summed E-state index contributed by atoms with van der Waals surface area (Å²) in [6, 6.07) is 26.4. The normalized spacial score (nSPS) is 11.1. The van der Waals surface area contributed by atoms with Crippen LogP contribution in [-0.2, 0) is 0 Å². The van der Waals surface area contributed by atoms with Crippen LogP contribution in [0, 0.1) is 0 Å². The smallest absolute Gasteiger partial charge is 0.257 e. The molecular weight excluding hydrogens is 384 g/mol. The van der Waals surface area contributed by atoms with Crippen molar-refractivity contribution < 1.29 is 9.21 Å². The van der Waals surface area contributed by atoms with E-state index >= 15 is 0 Å². The van der Waals surface area contributed by atoms with Gasteiger partial charge >= 0.3 is 0 Å². The number of fused-ring (bicyclic) bond motifs is 3. The van der Waals surface area contributed by atoms with Crippen LogP contribution < -0.4 is 5.32 Å². The maximum atomic E-state index is 12.5. The second kappa shape index (κ2) is 7.08. The van der Waals surface area contributed by atoms with Crippen LogP contribution >= 0.6 is 11.6 Å². The number of oxazole rings is 1. The highest BCUT2D eigenvalue weighted by Gasteiger charge is 2.13. The first kappa shape index (κ1) is 17.5. The van der Waals surface area contributed by atoms with Crippen LogP contribution in [0.3, 0.4) is 0 Å². The molecule has 1 heterocycles. The zero-order valence-electron chi connectivity index (χ0n) is 15.2. The Kier molecular flexibility index (Phi) is 4.26. The van der Waals surface area contributed by atoms with Crippen LogP contribution in [-0.4, -0.2) is 10.9 Å². The summed E-state index contributed by atoms with van der Waals surface area (Å²) in [6.07, 6.45) is 0. The summed E-state index contributed by atoms with van der Waals surface area (Å²) in [6.45, 7) is 0. The monoisotopic (exact) mass is 398 g/mol. The maximum absolute atomic E-state index is 12.5. The minimum atomic E-state index is -0.267. The Morgan fingerprint density at radius 1 is 0.897 bits per heavy atom. The average Bonchev–Trinajstić information content (AvgIpc) is 3.19. The lowest BCUT2D eigenvalue weighted by molar-refractivity contribution is 0.102. The van der Waals surface area contributed by atoms with E-state index in [-0.39, 0.29) is 5.91 Å². The summed E-state index contributed by atoms with van der Waals surface area (Å²) in [4.78, 5) is 17.2. The van der Waals surface area contributed by atoms with Crippen molar-refractivity contribution in [1.82, 2.24) is 4.98 Å². The number of rotatable bonds is 3. The number of anilines is 1. The van der Waals surface area contributed by atoms with Gasteiger partial charge in [-0.15, -0.1) is 0 Å². The fraction of sp³-hybridized carbons (Fsp3) is 0. The van der Waals surface area contributed by atoms with Gasteiger partial charge in [0.2, 0.25) is 5.89 Å². The Bertz CT molecular complexity index is 1370. The molecule has 0 aliphatic rings. The Hall–Kier alpha value is -3.63. The summed E-state index contributed by atoms with van der Waals surface area (Å²) in [7, 11) is 0. The van der Waals surface area contributed by atoms with Crippen molar-refractivity contribution in [3.8, 4) is 11.5 Å². The third-order valence-electron chi connectivity index (χ3n) is 4.77. The topological polar surface area (TPSA) is 55.1 Å². The van der Waals surface area contributed by atoms with Crippen molar-refractivity contribution in [3.63, 3.8) is 0 Å². The summed E-state index contributed by atoms with van der Waals surface area (Å²) < 4.78 is 5.98. The molecule has 4 aromatic carbocycles. The van der Waals surface area contributed by atoms with E-state index in [4.69, 9.17) is 21.0 Å². The van der Waals surface area contributed by atoms with Crippen molar-refractivity contribution in [2.45, 2.75) is 0 Å². The molecule has 5 heteroatoms. The quantitative estimate of drug-likeness (QED) is 0.374. The van der Waals surface area contributed by atoms with Gasteiger partial charge in [-0.25, -0.2) is 4.98 Å².